The third kappa shape index (κ3) is 7.53. The number of phenolic OH excluding ortho intramolecular Hbond substituents is 1. The van der Waals surface area contributed by atoms with Gasteiger partial charge in [0.1, 0.15) is 79.0 Å². The molecule has 0 saturated carbocycles. The summed E-state index contributed by atoms with van der Waals surface area (Å²) in [6.45, 7) is -1.92. The van der Waals surface area contributed by atoms with Crippen molar-refractivity contribution in [2.75, 3.05) is 34.0 Å². The van der Waals surface area contributed by atoms with E-state index in [4.69, 9.17) is 37.9 Å². The zero-order valence-corrected chi connectivity index (χ0v) is 24.1. The van der Waals surface area contributed by atoms with Crippen molar-refractivity contribution in [3.63, 3.8) is 0 Å². The average Bonchev–Trinajstić information content (AvgIpc) is 3.03. The number of aliphatic hydroxyl groups excluding tert-OH is 10. The van der Waals surface area contributed by atoms with Gasteiger partial charge in [-0.15, -0.1) is 0 Å². The monoisotopic (exact) mass is 656 g/mol. The van der Waals surface area contributed by atoms with Crippen LogP contribution in [0.3, 0.4) is 0 Å². The zero-order valence-electron chi connectivity index (χ0n) is 24.1. The second-order valence-electron chi connectivity index (χ2n) is 10.7. The first-order chi connectivity index (χ1) is 21.3. The van der Waals surface area contributed by atoms with Gasteiger partial charge in [0.15, 0.2) is 24.1 Å². The van der Waals surface area contributed by atoms with Crippen molar-refractivity contribution < 1.29 is 94.1 Å². The maximum atomic E-state index is 10.5. The highest BCUT2D eigenvalue weighted by Crippen LogP contribution is 2.40. The predicted octanol–water partition coefficient (Wildman–Crippen LogP) is -5.76. The highest BCUT2D eigenvalue weighted by atomic mass is 16.7. The van der Waals surface area contributed by atoms with Crippen molar-refractivity contribution in [1.82, 2.24) is 0 Å². The van der Waals surface area contributed by atoms with E-state index in [1.54, 1.807) is 0 Å². The summed E-state index contributed by atoms with van der Waals surface area (Å²) in [5.41, 5.74) is 0. The Morgan fingerprint density at radius 3 is 1.36 bits per heavy atom. The molecule has 258 valence electrons. The second kappa shape index (κ2) is 15.2. The maximum absolute atomic E-state index is 10.5. The molecule has 0 radical (unpaired) electrons. The zero-order chi connectivity index (χ0) is 33.2. The van der Waals surface area contributed by atoms with Gasteiger partial charge in [-0.1, -0.05) is 0 Å². The van der Waals surface area contributed by atoms with E-state index in [1.807, 2.05) is 0 Å². The van der Waals surface area contributed by atoms with Crippen molar-refractivity contribution in [2.24, 2.45) is 0 Å². The van der Waals surface area contributed by atoms with E-state index in [0.717, 1.165) is 0 Å². The molecule has 3 aliphatic rings. The average molecular weight is 657 g/mol. The fraction of sp³-hybridized carbons (Fsp3) is 0.769. The Balaban J connectivity index is 1.39. The lowest BCUT2D eigenvalue weighted by Gasteiger charge is -2.43. The highest BCUT2D eigenvalue weighted by molar-refractivity contribution is 5.54. The largest absolute Gasteiger partial charge is 0.502 e. The Morgan fingerprint density at radius 2 is 0.933 bits per heavy atom. The molecule has 0 aromatic heterocycles. The number of ether oxygens (including phenoxy) is 8. The fourth-order valence-corrected chi connectivity index (χ4v) is 5.00. The van der Waals surface area contributed by atoms with Crippen LogP contribution >= 0.6 is 0 Å². The number of aromatic hydroxyl groups is 1. The Kier molecular flexibility index (Phi) is 12.0. The summed E-state index contributed by atoms with van der Waals surface area (Å²) in [6.07, 6.45) is -24.8. The summed E-state index contributed by atoms with van der Waals surface area (Å²) < 4.78 is 43.0. The number of methoxy groups -OCH3 is 2. The van der Waals surface area contributed by atoms with Crippen LogP contribution in [0.2, 0.25) is 0 Å². The molecule has 11 N–H and O–H groups in total. The van der Waals surface area contributed by atoms with E-state index in [2.05, 4.69) is 0 Å². The molecule has 19 nitrogen and oxygen atoms in total. The molecule has 1 aromatic rings. The number of aliphatic hydroxyl groups is 10. The van der Waals surface area contributed by atoms with Gasteiger partial charge in [-0.2, -0.15) is 0 Å². The van der Waals surface area contributed by atoms with Crippen molar-refractivity contribution in [3.8, 4) is 23.0 Å². The lowest BCUT2D eigenvalue weighted by atomic mass is 9.98. The molecule has 4 rings (SSSR count). The molecule has 0 spiro atoms. The Labute approximate surface area is 255 Å². The Bertz CT molecular complexity index is 1070. The van der Waals surface area contributed by atoms with E-state index < -0.39 is 112 Å². The van der Waals surface area contributed by atoms with Gasteiger partial charge < -0.3 is 94.1 Å². The predicted molar refractivity (Wildman–Crippen MR) is 141 cm³/mol. The van der Waals surface area contributed by atoms with E-state index in [0.29, 0.717) is 0 Å². The van der Waals surface area contributed by atoms with Gasteiger partial charge in [-0.25, -0.2) is 0 Å². The first-order valence-electron chi connectivity index (χ1n) is 13.9. The number of phenols is 1. The van der Waals surface area contributed by atoms with Crippen LogP contribution < -0.4 is 14.2 Å². The summed E-state index contributed by atoms with van der Waals surface area (Å²) in [5.74, 6) is -0.414. The minimum Gasteiger partial charge on any atom is -0.502 e. The molecule has 3 saturated heterocycles. The van der Waals surface area contributed by atoms with Crippen LogP contribution in [0.4, 0.5) is 0 Å². The normalized spacial score (nSPS) is 42.3. The van der Waals surface area contributed by atoms with Gasteiger partial charge in [-0.3, -0.25) is 0 Å². The van der Waals surface area contributed by atoms with E-state index >= 15 is 0 Å². The molecule has 15 unspecified atom stereocenters. The van der Waals surface area contributed by atoms with Crippen LogP contribution in [0.15, 0.2) is 12.1 Å². The van der Waals surface area contributed by atoms with Crippen LogP contribution in [0, 0.1) is 0 Å². The smallest absolute Gasteiger partial charge is 0.229 e. The summed E-state index contributed by atoms with van der Waals surface area (Å²) in [6, 6.07) is 2.50. The molecule has 3 heterocycles. The fourth-order valence-electron chi connectivity index (χ4n) is 5.00. The third-order valence-electron chi connectivity index (χ3n) is 7.74. The van der Waals surface area contributed by atoms with Crippen LogP contribution in [0.5, 0.6) is 23.0 Å². The van der Waals surface area contributed by atoms with Gasteiger partial charge in [0, 0.05) is 12.1 Å². The van der Waals surface area contributed by atoms with Crippen molar-refractivity contribution in [2.45, 2.75) is 92.1 Å². The van der Waals surface area contributed by atoms with E-state index in [9.17, 15) is 56.2 Å². The lowest BCUT2D eigenvalue weighted by molar-refractivity contribution is -0.339. The van der Waals surface area contributed by atoms with Crippen LogP contribution in [0.1, 0.15) is 0 Å². The lowest BCUT2D eigenvalue weighted by Crippen LogP contribution is -2.63. The van der Waals surface area contributed by atoms with Crippen molar-refractivity contribution in [1.29, 1.82) is 0 Å². The van der Waals surface area contributed by atoms with Gasteiger partial charge >= 0.3 is 0 Å². The molecule has 3 aliphatic heterocycles. The summed E-state index contributed by atoms with van der Waals surface area (Å²) in [7, 11) is 2.56. The SMILES string of the molecule is COc1cc(OC2OC(COC3OC(COC4OC(CO)C(O)C(O)C4O)C(O)C(O)C3O)C(O)C(O)C2O)cc(OC)c1O. The van der Waals surface area contributed by atoms with Crippen LogP contribution in [-0.4, -0.2) is 182 Å². The minimum absolute atomic E-state index is 0.0146. The molecule has 15 atom stereocenters. The first kappa shape index (κ1) is 35.7. The number of hydrogen-bond donors (Lipinski definition) is 11. The van der Waals surface area contributed by atoms with Gasteiger partial charge in [0.2, 0.25) is 12.0 Å². The van der Waals surface area contributed by atoms with Gasteiger partial charge in [0.05, 0.1) is 34.0 Å². The molecular weight excluding hydrogens is 616 g/mol. The quantitative estimate of drug-likeness (QED) is 0.106. The summed E-state index contributed by atoms with van der Waals surface area (Å²) in [5, 5.41) is 112. The standard InChI is InChI=1S/C26H40O19/c1-38-9-3-8(4-10(39-2)14(9)28)42-26-23(37)20(34)17(31)13(45-26)7-41-25-22(36)19(33)16(30)12(44-25)6-40-24-21(35)18(32)15(29)11(5-27)43-24/h3-4,11-13,15-37H,5-7H2,1-2H3. The first-order valence-corrected chi connectivity index (χ1v) is 13.9. The van der Waals surface area contributed by atoms with E-state index in [-0.39, 0.29) is 23.0 Å². The topological polar surface area (TPSA) is 296 Å². The highest BCUT2D eigenvalue weighted by Gasteiger charge is 2.49. The molecular formula is C26H40O19. The molecule has 3 fully saturated rings. The third-order valence-corrected chi connectivity index (χ3v) is 7.74. The van der Waals surface area contributed by atoms with Gasteiger partial charge in [-0.05, 0) is 0 Å². The number of hydrogen-bond acceptors (Lipinski definition) is 19. The number of rotatable bonds is 11. The summed E-state index contributed by atoms with van der Waals surface area (Å²) in [4.78, 5) is 0. The molecule has 1 aromatic carbocycles. The van der Waals surface area contributed by atoms with E-state index in [1.165, 1.54) is 26.4 Å². The molecule has 0 amide bonds. The number of benzene rings is 1. The molecule has 45 heavy (non-hydrogen) atoms. The van der Waals surface area contributed by atoms with Crippen molar-refractivity contribution >= 4 is 0 Å². The van der Waals surface area contributed by atoms with Crippen molar-refractivity contribution in [3.05, 3.63) is 12.1 Å². The Morgan fingerprint density at radius 1 is 0.556 bits per heavy atom. The molecule has 0 bridgehead atoms. The summed E-state index contributed by atoms with van der Waals surface area (Å²) >= 11 is 0. The molecule has 19 heteroatoms. The maximum Gasteiger partial charge on any atom is 0.229 e. The molecule has 0 aliphatic carbocycles. The second-order valence-corrected chi connectivity index (χ2v) is 10.7. The Hall–Kier alpha value is -2.18. The van der Waals surface area contributed by atoms with Crippen LogP contribution in [-0.2, 0) is 23.7 Å². The minimum atomic E-state index is -1.84. The van der Waals surface area contributed by atoms with Gasteiger partial charge in [0.25, 0.3) is 0 Å². The van der Waals surface area contributed by atoms with Crippen LogP contribution in [0.25, 0.3) is 0 Å².